The zero-order chi connectivity index (χ0) is 26.9. The van der Waals surface area contributed by atoms with Crippen LogP contribution in [0, 0.1) is 0 Å². The van der Waals surface area contributed by atoms with Crippen LogP contribution >= 0.6 is 0 Å². The molecule has 3 rings (SSSR count). The van der Waals surface area contributed by atoms with Crippen LogP contribution in [0.4, 0.5) is 45.0 Å². The molecule has 0 saturated carbocycles. The molecule has 1 aromatic heterocycles. The molecule has 0 aliphatic rings. The third-order valence-corrected chi connectivity index (χ3v) is 5.36. The van der Waals surface area contributed by atoms with Crippen molar-refractivity contribution >= 4 is 39.0 Å². The van der Waals surface area contributed by atoms with Crippen molar-refractivity contribution in [3.8, 4) is 5.75 Å². The Balaban J connectivity index is 0.000000572. The minimum Gasteiger partial charge on any atom is -0.475 e. The summed E-state index contributed by atoms with van der Waals surface area (Å²) in [6.45, 7) is -2.88. The fourth-order valence-electron chi connectivity index (χ4n) is 2.37. The second kappa shape index (κ2) is 12.1. The number of carboxylic acid groups (broad SMARTS) is 1. The molecule has 36 heavy (non-hydrogen) atoms. The van der Waals surface area contributed by atoms with Crippen molar-refractivity contribution < 1.29 is 45.0 Å². The van der Waals surface area contributed by atoms with Crippen LogP contribution in [-0.4, -0.2) is 49.3 Å². The molecule has 16 heteroatoms. The van der Waals surface area contributed by atoms with Gasteiger partial charge in [0.1, 0.15) is 23.7 Å². The number of aliphatic carboxylic acids is 1. The summed E-state index contributed by atoms with van der Waals surface area (Å²) in [6.07, 6.45) is -3.76. The third-order valence-electron chi connectivity index (χ3n) is 3.95. The fraction of sp³-hybridized carbons (Fsp3) is 0.150. The van der Waals surface area contributed by atoms with Gasteiger partial charge in [0.2, 0.25) is 10.0 Å². The Morgan fingerprint density at radius 3 is 2.03 bits per heavy atom. The molecule has 0 aliphatic heterocycles. The molecule has 0 aliphatic carbocycles. The molecule has 0 spiro atoms. The Kier molecular flexibility index (Phi) is 9.45. The number of benzene rings is 2. The van der Waals surface area contributed by atoms with E-state index in [9.17, 15) is 30.4 Å². The second-order valence-electron chi connectivity index (χ2n) is 6.48. The van der Waals surface area contributed by atoms with E-state index in [4.69, 9.17) is 9.90 Å². The lowest BCUT2D eigenvalue weighted by Crippen LogP contribution is -2.21. The summed E-state index contributed by atoms with van der Waals surface area (Å²) in [7, 11) is -2.23. The van der Waals surface area contributed by atoms with Crippen molar-refractivity contribution in [3.63, 3.8) is 0 Å². The van der Waals surface area contributed by atoms with Gasteiger partial charge in [-0.1, -0.05) is 6.07 Å². The predicted octanol–water partition coefficient (Wildman–Crippen LogP) is 4.11. The van der Waals surface area contributed by atoms with Gasteiger partial charge in [0, 0.05) is 17.4 Å². The van der Waals surface area contributed by atoms with Gasteiger partial charge in [-0.15, -0.1) is 0 Å². The number of sulfonamides is 1. The Bertz CT molecular complexity index is 1270. The normalized spacial score (nSPS) is 11.3. The topological polar surface area (TPSA) is 143 Å². The predicted molar refractivity (Wildman–Crippen MR) is 118 cm³/mol. The first-order valence-electron chi connectivity index (χ1n) is 9.55. The van der Waals surface area contributed by atoms with Crippen LogP contribution in [0.3, 0.4) is 0 Å². The first-order chi connectivity index (χ1) is 16.8. The zero-order valence-corrected chi connectivity index (χ0v) is 18.9. The van der Waals surface area contributed by atoms with E-state index in [1.54, 1.807) is 30.3 Å². The van der Waals surface area contributed by atoms with Gasteiger partial charge in [-0.25, -0.2) is 27.9 Å². The highest BCUT2D eigenvalue weighted by Crippen LogP contribution is 2.23. The Morgan fingerprint density at radius 1 is 0.972 bits per heavy atom. The van der Waals surface area contributed by atoms with Crippen LogP contribution in [0.1, 0.15) is 0 Å². The van der Waals surface area contributed by atoms with Crippen LogP contribution < -0.4 is 20.1 Å². The number of hydrogen-bond donors (Lipinski definition) is 4. The van der Waals surface area contributed by atoms with Gasteiger partial charge in [-0.2, -0.15) is 22.0 Å². The number of halogens is 5. The molecule has 0 atom stereocenters. The Hall–Kier alpha value is -4.05. The van der Waals surface area contributed by atoms with Crippen LogP contribution in [0.5, 0.6) is 5.75 Å². The van der Waals surface area contributed by atoms with Crippen LogP contribution in [0.2, 0.25) is 0 Å². The van der Waals surface area contributed by atoms with E-state index in [-0.39, 0.29) is 10.6 Å². The lowest BCUT2D eigenvalue weighted by Gasteiger charge is -2.10. The molecule has 1 heterocycles. The number of carbonyl (C=O) groups is 1. The average molecular weight is 535 g/mol. The van der Waals surface area contributed by atoms with Crippen molar-refractivity contribution in [3.05, 3.63) is 60.9 Å². The van der Waals surface area contributed by atoms with E-state index >= 15 is 0 Å². The molecule has 10 nitrogen and oxygen atoms in total. The quantitative estimate of drug-likeness (QED) is 0.314. The molecule has 3 aromatic rings. The summed E-state index contributed by atoms with van der Waals surface area (Å²) >= 11 is 0. The molecule has 4 N–H and O–H groups in total. The Morgan fingerprint density at radius 2 is 1.53 bits per heavy atom. The van der Waals surface area contributed by atoms with E-state index < -0.39 is 28.8 Å². The maximum Gasteiger partial charge on any atom is 0.490 e. The third kappa shape index (κ3) is 8.95. The number of alkyl halides is 5. The smallest absolute Gasteiger partial charge is 0.475 e. The highest BCUT2D eigenvalue weighted by atomic mass is 32.2. The number of ether oxygens (including phenoxy) is 1. The number of hydrogen-bond acceptors (Lipinski definition) is 8. The number of anilines is 4. The molecule has 0 radical (unpaired) electrons. The summed E-state index contributed by atoms with van der Waals surface area (Å²) in [5.74, 6) is -1.83. The number of nitrogens with zero attached hydrogens (tertiary/aromatic N) is 2. The first-order valence-corrected chi connectivity index (χ1v) is 11.0. The van der Waals surface area contributed by atoms with Gasteiger partial charge in [-0.05, 0) is 49.5 Å². The lowest BCUT2D eigenvalue weighted by molar-refractivity contribution is -0.192. The second-order valence-corrected chi connectivity index (χ2v) is 8.37. The number of nitrogens with one attached hydrogen (secondary N) is 3. The highest BCUT2D eigenvalue weighted by molar-refractivity contribution is 7.89. The molecule has 194 valence electrons. The largest absolute Gasteiger partial charge is 0.490 e. The van der Waals surface area contributed by atoms with Gasteiger partial charge in [0.15, 0.2) is 0 Å². The van der Waals surface area contributed by atoms with Gasteiger partial charge in [0.25, 0.3) is 0 Å². The Labute approximate surface area is 201 Å². The fourth-order valence-corrected chi connectivity index (χ4v) is 3.14. The zero-order valence-electron chi connectivity index (χ0n) is 18.1. The SMILES string of the molecule is CNS(=O)(=O)c1cccc(Nc2cc(Nc3ccc(OC(F)F)cc3)ncn2)c1.O=C(O)C(F)(F)F. The van der Waals surface area contributed by atoms with E-state index in [1.165, 1.54) is 37.6 Å². The van der Waals surface area contributed by atoms with E-state index in [0.29, 0.717) is 23.0 Å². The standard InChI is InChI=1S/C18H17F2N5O3S.C2HF3O2/c1-21-29(26,27)15-4-2-3-13(9-15)25-17-10-16(22-11-23-17)24-12-5-7-14(8-6-12)28-18(19)20;3-2(4,5)1(6)7/h2-11,18,21H,1H3,(H2,22,23,24,25);(H,6,7). The monoisotopic (exact) mass is 535 g/mol. The van der Waals surface area contributed by atoms with Crippen molar-refractivity contribution in [1.29, 1.82) is 0 Å². The maximum atomic E-state index is 12.2. The lowest BCUT2D eigenvalue weighted by atomic mass is 10.3. The van der Waals surface area contributed by atoms with Gasteiger partial charge < -0.3 is 20.5 Å². The summed E-state index contributed by atoms with van der Waals surface area (Å²) in [6, 6.07) is 13.8. The minimum atomic E-state index is -5.08. The number of rotatable bonds is 8. The maximum absolute atomic E-state index is 12.2. The van der Waals surface area contributed by atoms with Crippen molar-refractivity contribution in [2.75, 3.05) is 17.7 Å². The van der Waals surface area contributed by atoms with Gasteiger partial charge >= 0.3 is 18.8 Å². The molecule has 0 fully saturated rings. The molecule has 0 unspecified atom stereocenters. The molecule has 0 bridgehead atoms. The van der Waals surface area contributed by atoms with Crippen molar-refractivity contribution in [2.45, 2.75) is 17.7 Å². The van der Waals surface area contributed by atoms with Gasteiger partial charge in [0.05, 0.1) is 4.90 Å². The van der Waals surface area contributed by atoms with Crippen molar-refractivity contribution in [1.82, 2.24) is 14.7 Å². The summed E-state index contributed by atoms with van der Waals surface area (Å²) < 4.78 is 86.5. The molecule has 0 saturated heterocycles. The number of carboxylic acids is 1. The van der Waals surface area contributed by atoms with Crippen molar-refractivity contribution in [2.24, 2.45) is 0 Å². The first kappa shape index (κ1) is 28.2. The molecular formula is C20H18F5N5O5S. The average Bonchev–Trinajstić information content (AvgIpc) is 2.80. The summed E-state index contributed by atoms with van der Waals surface area (Å²) in [5.41, 5.74) is 1.14. The molecular weight excluding hydrogens is 517 g/mol. The van der Waals surface area contributed by atoms with Crippen LogP contribution in [0.25, 0.3) is 0 Å². The molecule has 0 amide bonds. The van der Waals surface area contributed by atoms with E-state index in [1.807, 2.05) is 0 Å². The number of aromatic nitrogens is 2. The molecule has 2 aromatic carbocycles. The highest BCUT2D eigenvalue weighted by Gasteiger charge is 2.38. The van der Waals surface area contributed by atoms with Gasteiger partial charge in [-0.3, -0.25) is 0 Å². The minimum absolute atomic E-state index is 0.0481. The van der Waals surface area contributed by atoms with Crippen LogP contribution in [-0.2, 0) is 14.8 Å². The summed E-state index contributed by atoms with van der Waals surface area (Å²) in [4.78, 5) is 17.2. The van der Waals surface area contributed by atoms with E-state index in [2.05, 4.69) is 30.1 Å². The van der Waals surface area contributed by atoms with Crippen LogP contribution in [0.15, 0.2) is 65.8 Å². The summed E-state index contributed by atoms with van der Waals surface area (Å²) in [5, 5.41) is 13.2. The van der Waals surface area contributed by atoms with E-state index in [0.717, 1.165) is 0 Å².